The average Bonchev–Trinajstić information content (AvgIpc) is 3.00. The lowest BCUT2D eigenvalue weighted by atomic mass is 10.2. The second-order valence-corrected chi connectivity index (χ2v) is 5.22. The molecule has 7 nitrogen and oxygen atoms in total. The molecule has 7 heteroatoms. The quantitative estimate of drug-likeness (QED) is 0.802. The van der Waals surface area contributed by atoms with Gasteiger partial charge in [-0.3, -0.25) is 4.79 Å². The predicted molar refractivity (Wildman–Crippen MR) is 85.2 cm³/mol. The smallest absolute Gasteiger partial charge is 0.242 e. The van der Waals surface area contributed by atoms with Crippen molar-refractivity contribution in [3.05, 3.63) is 36.2 Å². The van der Waals surface area contributed by atoms with Crippen LogP contribution in [0.1, 0.15) is 26.0 Å². The van der Waals surface area contributed by atoms with Gasteiger partial charge < -0.3 is 14.8 Å². The van der Waals surface area contributed by atoms with Crippen LogP contribution in [0.2, 0.25) is 0 Å². The number of carbonyl (C=O) groups is 1. The first kappa shape index (κ1) is 16.8. The van der Waals surface area contributed by atoms with Gasteiger partial charge in [-0.15, -0.1) is 5.10 Å². The molecule has 1 N–H and O–H groups in total. The third kappa shape index (κ3) is 4.98. The Bertz CT molecular complexity index is 642. The van der Waals surface area contributed by atoms with Gasteiger partial charge in [0, 0.05) is 6.04 Å². The minimum atomic E-state index is -0.0820. The van der Waals surface area contributed by atoms with E-state index < -0.39 is 0 Å². The first-order chi connectivity index (χ1) is 11.1. The molecule has 1 heterocycles. The highest BCUT2D eigenvalue weighted by Gasteiger charge is 2.09. The molecule has 0 aliphatic rings. The summed E-state index contributed by atoms with van der Waals surface area (Å²) >= 11 is 0. The maximum Gasteiger partial charge on any atom is 0.242 e. The molecule has 0 unspecified atom stereocenters. The van der Waals surface area contributed by atoms with E-state index in [2.05, 4.69) is 15.6 Å². The lowest BCUT2D eigenvalue weighted by Crippen LogP contribution is -2.34. The zero-order valence-electron chi connectivity index (χ0n) is 13.7. The zero-order chi connectivity index (χ0) is 16.7. The van der Waals surface area contributed by atoms with Crippen LogP contribution in [0.5, 0.6) is 11.5 Å². The van der Waals surface area contributed by atoms with Gasteiger partial charge >= 0.3 is 0 Å². The van der Waals surface area contributed by atoms with Crippen LogP contribution >= 0.6 is 0 Å². The SMILES string of the molecule is CC[C@@H](C)NC(=O)Cn1cc(COc2ccccc2OC)nn1. The third-order valence-corrected chi connectivity index (χ3v) is 3.36. The maximum atomic E-state index is 11.8. The maximum absolute atomic E-state index is 11.8. The van der Waals surface area contributed by atoms with Gasteiger partial charge in [0.2, 0.25) is 5.91 Å². The Morgan fingerprint density at radius 3 is 2.78 bits per heavy atom. The topological polar surface area (TPSA) is 78.3 Å². The monoisotopic (exact) mass is 318 g/mol. The van der Waals surface area contributed by atoms with E-state index in [1.807, 2.05) is 38.1 Å². The number of para-hydroxylation sites is 2. The molecule has 2 rings (SSSR count). The Balaban J connectivity index is 1.88. The van der Waals surface area contributed by atoms with E-state index in [9.17, 15) is 4.79 Å². The second-order valence-electron chi connectivity index (χ2n) is 5.22. The van der Waals surface area contributed by atoms with Gasteiger partial charge in [-0.1, -0.05) is 24.3 Å². The van der Waals surface area contributed by atoms with Gasteiger partial charge in [0.25, 0.3) is 0 Å². The van der Waals surface area contributed by atoms with Gasteiger partial charge in [-0.05, 0) is 25.5 Å². The van der Waals surface area contributed by atoms with Crippen molar-refractivity contribution in [2.75, 3.05) is 7.11 Å². The fourth-order valence-corrected chi connectivity index (χ4v) is 1.94. The summed E-state index contributed by atoms with van der Waals surface area (Å²) in [7, 11) is 1.59. The molecule has 0 bridgehead atoms. The van der Waals surface area contributed by atoms with E-state index >= 15 is 0 Å². The molecule has 0 aliphatic carbocycles. The van der Waals surface area contributed by atoms with E-state index in [1.54, 1.807) is 13.3 Å². The highest BCUT2D eigenvalue weighted by Crippen LogP contribution is 2.26. The molecule has 0 saturated heterocycles. The van der Waals surface area contributed by atoms with Crippen LogP contribution in [-0.2, 0) is 17.9 Å². The Kier molecular flexibility index (Phi) is 5.96. The van der Waals surface area contributed by atoms with Gasteiger partial charge in [-0.2, -0.15) is 0 Å². The third-order valence-electron chi connectivity index (χ3n) is 3.36. The van der Waals surface area contributed by atoms with E-state index in [0.717, 1.165) is 6.42 Å². The number of hydrogen-bond acceptors (Lipinski definition) is 5. The summed E-state index contributed by atoms with van der Waals surface area (Å²) < 4.78 is 12.4. The second kappa shape index (κ2) is 8.17. The number of hydrogen-bond donors (Lipinski definition) is 1. The summed E-state index contributed by atoms with van der Waals surface area (Å²) in [6.45, 7) is 4.39. The molecule has 0 radical (unpaired) electrons. The van der Waals surface area contributed by atoms with Gasteiger partial charge in [0.15, 0.2) is 11.5 Å². The van der Waals surface area contributed by atoms with Gasteiger partial charge in [0.05, 0.1) is 13.3 Å². The Hall–Kier alpha value is -2.57. The number of ether oxygens (including phenoxy) is 2. The van der Waals surface area contributed by atoms with Crippen LogP contribution in [0, 0.1) is 0 Å². The Morgan fingerprint density at radius 2 is 2.09 bits per heavy atom. The molecule has 0 spiro atoms. The normalized spacial score (nSPS) is 11.8. The summed E-state index contributed by atoms with van der Waals surface area (Å²) in [4.78, 5) is 11.8. The minimum Gasteiger partial charge on any atom is -0.493 e. The summed E-state index contributed by atoms with van der Waals surface area (Å²) in [5, 5.41) is 10.8. The number of amides is 1. The molecule has 1 aromatic heterocycles. The summed E-state index contributed by atoms with van der Waals surface area (Å²) in [5.41, 5.74) is 0.646. The van der Waals surface area contributed by atoms with Crippen LogP contribution in [0.25, 0.3) is 0 Å². The highest BCUT2D eigenvalue weighted by atomic mass is 16.5. The number of benzene rings is 1. The van der Waals surface area contributed by atoms with Crippen molar-refractivity contribution >= 4 is 5.91 Å². The van der Waals surface area contributed by atoms with E-state index in [4.69, 9.17) is 9.47 Å². The van der Waals surface area contributed by atoms with Crippen molar-refractivity contribution in [3.63, 3.8) is 0 Å². The average molecular weight is 318 g/mol. The zero-order valence-corrected chi connectivity index (χ0v) is 13.7. The molecule has 1 amide bonds. The standard InChI is InChI=1S/C16H22N4O3/c1-4-12(2)17-16(21)10-20-9-13(18-19-20)11-23-15-8-6-5-7-14(15)22-3/h5-9,12H,4,10-11H2,1-3H3,(H,17,21)/t12-/m1/s1. The van der Waals surface area contributed by atoms with Crippen molar-refractivity contribution in [2.24, 2.45) is 0 Å². The summed E-state index contributed by atoms with van der Waals surface area (Å²) in [6.07, 6.45) is 2.59. The Morgan fingerprint density at radius 1 is 1.35 bits per heavy atom. The van der Waals surface area contributed by atoms with Crippen LogP contribution < -0.4 is 14.8 Å². The molecule has 2 aromatic rings. The number of aromatic nitrogens is 3. The minimum absolute atomic E-state index is 0.0820. The first-order valence-corrected chi connectivity index (χ1v) is 7.56. The van der Waals surface area contributed by atoms with Crippen LogP contribution in [0.15, 0.2) is 30.5 Å². The van der Waals surface area contributed by atoms with Crippen molar-refractivity contribution in [1.82, 2.24) is 20.3 Å². The molecular weight excluding hydrogens is 296 g/mol. The largest absolute Gasteiger partial charge is 0.493 e. The molecule has 1 aromatic carbocycles. The summed E-state index contributed by atoms with van der Waals surface area (Å²) in [5.74, 6) is 1.22. The number of rotatable bonds is 8. The molecule has 1 atom stereocenters. The first-order valence-electron chi connectivity index (χ1n) is 7.56. The van der Waals surface area contributed by atoms with E-state index in [-0.39, 0.29) is 25.1 Å². The number of carbonyl (C=O) groups excluding carboxylic acids is 1. The number of methoxy groups -OCH3 is 1. The fourth-order valence-electron chi connectivity index (χ4n) is 1.94. The fraction of sp³-hybridized carbons (Fsp3) is 0.438. The molecule has 0 saturated carbocycles. The predicted octanol–water partition coefficient (Wildman–Crippen LogP) is 1.78. The van der Waals surface area contributed by atoms with Gasteiger partial charge in [0.1, 0.15) is 18.8 Å². The van der Waals surface area contributed by atoms with Crippen LogP contribution in [0.4, 0.5) is 0 Å². The molecule has 23 heavy (non-hydrogen) atoms. The lowest BCUT2D eigenvalue weighted by Gasteiger charge is -2.10. The van der Waals surface area contributed by atoms with Gasteiger partial charge in [-0.25, -0.2) is 4.68 Å². The highest BCUT2D eigenvalue weighted by molar-refractivity contribution is 5.75. The van der Waals surface area contributed by atoms with Crippen molar-refractivity contribution < 1.29 is 14.3 Å². The van der Waals surface area contributed by atoms with E-state index in [1.165, 1.54) is 4.68 Å². The van der Waals surface area contributed by atoms with E-state index in [0.29, 0.717) is 17.2 Å². The van der Waals surface area contributed by atoms with Crippen molar-refractivity contribution in [2.45, 2.75) is 39.5 Å². The molecule has 0 fully saturated rings. The molecular formula is C16H22N4O3. The van der Waals surface area contributed by atoms with Crippen LogP contribution in [0.3, 0.4) is 0 Å². The number of nitrogens with zero attached hydrogens (tertiary/aromatic N) is 3. The number of nitrogens with one attached hydrogen (secondary N) is 1. The van der Waals surface area contributed by atoms with Crippen molar-refractivity contribution in [1.29, 1.82) is 0 Å². The van der Waals surface area contributed by atoms with Crippen molar-refractivity contribution in [3.8, 4) is 11.5 Å². The van der Waals surface area contributed by atoms with Crippen LogP contribution in [-0.4, -0.2) is 34.1 Å². The molecule has 124 valence electrons. The Labute approximate surface area is 135 Å². The molecule has 0 aliphatic heterocycles. The lowest BCUT2D eigenvalue weighted by molar-refractivity contribution is -0.122. The summed E-state index contributed by atoms with van der Waals surface area (Å²) in [6, 6.07) is 7.54.